The molecule has 9 heteroatoms. The number of ether oxygens (including phenoxy) is 2. The molecule has 0 saturated carbocycles. The van der Waals surface area contributed by atoms with E-state index in [0.29, 0.717) is 27.9 Å². The Hall–Kier alpha value is -2.74. The molecule has 0 unspecified atom stereocenters. The number of aromatic nitrogens is 1. The first-order valence-electron chi connectivity index (χ1n) is 11.8. The Morgan fingerprint density at radius 1 is 1.00 bits per heavy atom. The number of unbranched alkanes of at least 4 members (excludes halogenated alkanes) is 1. The van der Waals surface area contributed by atoms with Crippen molar-refractivity contribution in [2.75, 3.05) is 50.8 Å². The summed E-state index contributed by atoms with van der Waals surface area (Å²) in [4.78, 5) is 29.2. The predicted molar refractivity (Wildman–Crippen MR) is 140 cm³/mol. The molecule has 1 fully saturated rings. The number of carbonyl (C=O) groups excluding carboxylic acids is 1. The van der Waals surface area contributed by atoms with Crippen LogP contribution in [0.5, 0.6) is 5.75 Å². The maximum absolute atomic E-state index is 12.3. The maximum Gasteiger partial charge on any atom is 0.421 e. The molecule has 0 spiro atoms. The highest BCUT2D eigenvalue weighted by Gasteiger charge is 2.19. The number of halogens is 2. The highest BCUT2D eigenvalue weighted by atomic mass is 35.5. The van der Waals surface area contributed by atoms with E-state index in [2.05, 4.69) is 9.80 Å². The molecule has 2 heterocycles. The lowest BCUT2D eigenvalue weighted by Gasteiger charge is -2.36. The van der Waals surface area contributed by atoms with Gasteiger partial charge in [0.15, 0.2) is 0 Å². The molecule has 0 radical (unpaired) electrons. The van der Waals surface area contributed by atoms with Gasteiger partial charge in [-0.3, -0.25) is 9.69 Å². The molecule has 1 aliphatic rings. The van der Waals surface area contributed by atoms with Gasteiger partial charge in [-0.25, -0.2) is 9.36 Å². The van der Waals surface area contributed by atoms with Crippen molar-refractivity contribution >= 4 is 45.9 Å². The van der Waals surface area contributed by atoms with Crippen molar-refractivity contribution in [1.29, 1.82) is 0 Å². The summed E-state index contributed by atoms with van der Waals surface area (Å²) in [6.45, 7) is 7.23. The molecular formula is C26H29Cl2N3O4. The lowest BCUT2D eigenvalue weighted by atomic mass is 10.2. The summed E-state index contributed by atoms with van der Waals surface area (Å²) in [5.41, 5.74) is 1.05. The number of fused-ring (bicyclic) bond motifs is 1. The van der Waals surface area contributed by atoms with Crippen molar-refractivity contribution < 1.29 is 14.3 Å². The Kier molecular flexibility index (Phi) is 8.55. The number of anilines is 1. The summed E-state index contributed by atoms with van der Waals surface area (Å²) >= 11 is 12.5. The smallest absolute Gasteiger partial charge is 0.421 e. The first-order valence-corrected chi connectivity index (χ1v) is 12.6. The summed E-state index contributed by atoms with van der Waals surface area (Å²) in [6, 6.07) is 14.2. The van der Waals surface area contributed by atoms with Crippen molar-refractivity contribution in [2.45, 2.75) is 19.8 Å². The zero-order chi connectivity index (χ0) is 24.8. The lowest BCUT2D eigenvalue weighted by molar-refractivity contribution is 0.154. The van der Waals surface area contributed by atoms with Crippen LogP contribution in [0.25, 0.3) is 10.9 Å². The quantitative estimate of drug-likeness (QED) is 0.378. The molecule has 35 heavy (non-hydrogen) atoms. The second-order valence-electron chi connectivity index (χ2n) is 8.38. The molecule has 0 N–H and O–H groups in total. The van der Waals surface area contributed by atoms with Gasteiger partial charge in [-0.15, -0.1) is 0 Å². The van der Waals surface area contributed by atoms with E-state index in [9.17, 15) is 9.59 Å². The van der Waals surface area contributed by atoms with E-state index in [1.165, 1.54) is 6.07 Å². The van der Waals surface area contributed by atoms with Crippen molar-refractivity contribution in [1.82, 2.24) is 9.47 Å². The first kappa shape index (κ1) is 25.4. The van der Waals surface area contributed by atoms with E-state index in [-0.39, 0.29) is 6.61 Å². The van der Waals surface area contributed by atoms with Gasteiger partial charge in [0.25, 0.3) is 5.56 Å². The molecule has 1 saturated heterocycles. The topological polar surface area (TPSA) is 64.0 Å². The van der Waals surface area contributed by atoms with E-state index in [1.807, 2.05) is 30.3 Å². The van der Waals surface area contributed by atoms with Crippen molar-refractivity contribution in [3.63, 3.8) is 0 Å². The normalized spacial score (nSPS) is 14.3. The zero-order valence-corrected chi connectivity index (χ0v) is 21.2. The molecule has 0 amide bonds. The first-order chi connectivity index (χ1) is 17.0. The second kappa shape index (κ2) is 11.8. The van der Waals surface area contributed by atoms with Crippen LogP contribution >= 0.6 is 23.2 Å². The fraction of sp³-hybridized carbons (Fsp3) is 0.385. The number of pyridine rings is 1. The summed E-state index contributed by atoms with van der Waals surface area (Å²) < 4.78 is 12.0. The molecule has 0 aliphatic carbocycles. The van der Waals surface area contributed by atoms with Gasteiger partial charge >= 0.3 is 6.09 Å². The van der Waals surface area contributed by atoms with Gasteiger partial charge in [0.1, 0.15) is 5.75 Å². The van der Waals surface area contributed by atoms with E-state index >= 15 is 0 Å². The fourth-order valence-electron chi connectivity index (χ4n) is 4.26. The van der Waals surface area contributed by atoms with Crippen LogP contribution in [0.1, 0.15) is 19.8 Å². The molecule has 7 nitrogen and oxygen atoms in total. The van der Waals surface area contributed by atoms with Gasteiger partial charge in [0, 0.05) is 38.3 Å². The third kappa shape index (κ3) is 6.10. The van der Waals surface area contributed by atoms with Crippen LogP contribution in [0, 0.1) is 0 Å². The van der Waals surface area contributed by atoms with Crippen molar-refractivity contribution in [3.8, 4) is 5.75 Å². The molecule has 2 aromatic carbocycles. The Morgan fingerprint density at radius 3 is 2.54 bits per heavy atom. The summed E-state index contributed by atoms with van der Waals surface area (Å²) in [5, 5.41) is 1.97. The number of benzene rings is 2. The van der Waals surface area contributed by atoms with Crippen LogP contribution in [-0.4, -0.2) is 61.5 Å². The molecular weight excluding hydrogens is 489 g/mol. The van der Waals surface area contributed by atoms with Gasteiger partial charge in [0.05, 0.1) is 34.5 Å². The number of carbonyl (C=O) groups is 1. The minimum atomic E-state index is -0.682. The average molecular weight is 518 g/mol. The number of hydrogen-bond donors (Lipinski definition) is 0. The lowest BCUT2D eigenvalue weighted by Crippen LogP contribution is -2.46. The molecule has 1 aromatic heterocycles. The molecule has 186 valence electrons. The largest absolute Gasteiger partial charge is 0.494 e. The number of piperazine rings is 1. The number of hydrogen-bond acceptors (Lipinski definition) is 6. The SMILES string of the molecule is CCOC(=O)n1c(=O)ccc2ccc(OCCCCN3CCN(c4cccc(Cl)c4Cl)CC3)cc21. The van der Waals surface area contributed by atoms with Crippen LogP contribution in [0.15, 0.2) is 53.3 Å². The summed E-state index contributed by atoms with van der Waals surface area (Å²) in [7, 11) is 0. The fourth-order valence-corrected chi connectivity index (χ4v) is 4.67. The van der Waals surface area contributed by atoms with Crippen molar-refractivity contribution in [3.05, 3.63) is 68.9 Å². The zero-order valence-electron chi connectivity index (χ0n) is 19.7. The van der Waals surface area contributed by atoms with Crippen LogP contribution in [0.4, 0.5) is 10.5 Å². The van der Waals surface area contributed by atoms with Gasteiger partial charge in [0.2, 0.25) is 0 Å². The highest BCUT2D eigenvalue weighted by molar-refractivity contribution is 6.43. The van der Waals surface area contributed by atoms with Crippen LogP contribution < -0.4 is 15.2 Å². The van der Waals surface area contributed by atoms with Crippen LogP contribution in [-0.2, 0) is 4.74 Å². The summed E-state index contributed by atoms with van der Waals surface area (Å²) in [5.74, 6) is 0.619. The minimum Gasteiger partial charge on any atom is -0.494 e. The third-order valence-corrected chi connectivity index (χ3v) is 6.91. The monoisotopic (exact) mass is 517 g/mol. The Morgan fingerprint density at radius 2 is 1.77 bits per heavy atom. The molecule has 0 atom stereocenters. The molecule has 1 aliphatic heterocycles. The molecule has 3 aromatic rings. The van der Waals surface area contributed by atoms with Gasteiger partial charge in [-0.05, 0) is 62.0 Å². The van der Waals surface area contributed by atoms with E-state index in [1.54, 1.807) is 19.1 Å². The Bertz CT molecular complexity index is 1240. The molecule has 4 rings (SSSR count). The van der Waals surface area contributed by atoms with E-state index in [4.69, 9.17) is 32.7 Å². The van der Waals surface area contributed by atoms with E-state index < -0.39 is 11.7 Å². The second-order valence-corrected chi connectivity index (χ2v) is 9.17. The van der Waals surface area contributed by atoms with Gasteiger partial charge in [-0.2, -0.15) is 0 Å². The van der Waals surface area contributed by atoms with Crippen LogP contribution in [0.3, 0.4) is 0 Å². The van der Waals surface area contributed by atoms with Crippen molar-refractivity contribution in [2.24, 2.45) is 0 Å². The standard InChI is InChI=1S/C26H29Cl2N3O4/c1-2-34-26(33)31-23-18-20(10-8-19(23)9-11-24(31)32)35-17-4-3-12-29-13-15-30(16-14-29)22-7-5-6-21(27)25(22)28/h5-11,18H,2-4,12-17H2,1H3. The van der Waals surface area contributed by atoms with Crippen LogP contribution in [0.2, 0.25) is 10.0 Å². The third-order valence-electron chi connectivity index (χ3n) is 6.10. The average Bonchev–Trinajstić information content (AvgIpc) is 2.86. The minimum absolute atomic E-state index is 0.196. The van der Waals surface area contributed by atoms with Gasteiger partial charge < -0.3 is 14.4 Å². The Labute approximate surface area is 214 Å². The highest BCUT2D eigenvalue weighted by Crippen LogP contribution is 2.32. The predicted octanol–water partition coefficient (Wildman–Crippen LogP) is 5.29. The van der Waals surface area contributed by atoms with Gasteiger partial charge in [-0.1, -0.05) is 29.3 Å². The van der Waals surface area contributed by atoms with E-state index in [0.717, 1.165) is 61.2 Å². The number of rotatable bonds is 8. The summed E-state index contributed by atoms with van der Waals surface area (Å²) in [6.07, 6.45) is 1.23. The number of nitrogens with zero attached hydrogens (tertiary/aromatic N) is 3. The Balaban J connectivity index is 1.25. The maximum atomic E-state index is 12.3. The molecule has 0 bridgehead atoms.